The molecule has 0 saturated carbocycles. The smallest absolute Gasteiger partial charge is 0.260 e. The molecule has 2 heterocycles. The zero-order chi connectivity index (χ0) is 24.2. The van der Waals surface area contributed by atoms with Crippen LogP contribution in [0.15, 0.2) is 73.6 Å². The van der Waals surface area contributed by atoms with Crippen molar-refractivity contribution >= 4 is 34.6 Å². The van der Waals surface area contributed by atoms with E-state index >= 15 is 0 Å². The van der Waals surface area contributed by atoms with Crippen molar-refractivity contribution in [2.45, 2.75) is 6.54 Å². The molecule has 0 aliphatic carbocycles. The summed E-state index contributed by atoms with van der Waals surface area (Å²) < 4.78 is 1.54. The molecule has 4 N–H and O–H groups in total. The maximum absolute atomic E-state index is 13.0. The van der Waals surface area contributed by atoms with Gasteiger partial charge in [-0.05, 0) is 30.3 Å². The fraction of sp³-hybridized carbons (Fsp3) is 0.0833. The Morgan fingerprint density at radius 1 is 1.03 bits per heavy atom. The van der Waals surface area contributed by atoms with Gasteiger partial charge in [0.15, 0.2) is 5.65 Å². The van der Waals surface area contributed by atoms with Gasteiger partial charge in [0.2, 0.25) is 5.91 Å². The van der Waals surface area contributed by atoms with E-state index in [0.717, 1.165) is 11.0 Å². The molecule has 0 atom stereocenters. The molecule has 0 radical (unpaired) electrons. The number of primary amides is 1. The summed E-state index contributed by atoms with van der Waals surface area (Å²) in [7, 11) is 0. The van der Waals surface area contributed by atoms with Crippen molar-refractivity contribution in [3.05, 3.63) is 84.7 Å². The minimum atomic E-state index is -0.576. The van der Waals surface area contributed by atoms with E-state index in [1.165, 1.54) is 6.33 Å². The van der Waals surface area contributed by atoms with Crippen LogP contribution in [-0.4, -0.2) is 48.9 Å². The predicted octanol–water partition coefficient (Wildman–Crippen LogP) is 2.03. The summed E-state index contributed by atoms with van der Waals surface area (Å²) in [4.78, 5) is 46.5. The third kappa shape index (κ3) is 4.24. The summed E-state index contributed by atoms with van der Waals surface area (Å²) in [6.45, 7) is 3.65. The predicted molar refractivity (Wildman–Crippen MR) is 126 cm³/mol. The number of amides is 3. The van der Waals surface area contributed by atoms with Gasteiger partial charge in [-0.25, -0.2) is 14.6 Å². The maximum atomic E-state index is 13.0. The third-order valence-corrected chi connectivity index (χ3v) is 5.22. The SMILES string of the molecule is C=CC(=O)N(CCn1nc(-c2cccc(C(N)=O)c2)c2c(N)ncnc21)C(=O)c1ccccc1. The molecule has 0 aliphatic rings. The van der Waals surface area contributed by atoms with Crippen LogP contribution in [0.2, 0.25) is 0 Å². The summed E-state index contributed by atoms with van der Waals surface area (Å²) in [6.07, 6.45) is 2.39. The van der Waals surface area contributed by atoms with Gasteiger partial charge in [-0.15, -0.1) is 0 Å². The number of hydrogen-bond donors (Lipinski definition) is 2. The first-order valence-corrected chi connectivity index (χ1v) is 10.3. The maximum Gasteiger partial charge on any atom is 0.260 e. The highest BCUT2D eigenvalue weighted by atomic mass is 16.2. The van der Waals surface area contributed by atoms with E-state index in [0.29, 0.717) is 33.4 Å². The third-order valence-electron chi connectivity index (χ3n) is 5.22. The first-order chi connectivity index (χ1) is 16.4. The number of imide groups is 1. The first kappa shape index (κ1) is 22.3. The van der Waals surface area contributed by atoms with Gasteiger partial charge >= 0.3 is 0 Å². The van der Waals surface area contributed by atoms with Crippen molar-refractivity contribution in [1.82, 2.24) is 24.6 Å². The van der Waals surface area contributed by atoms with Crippen LogP contribution < -0.4 is 11.5 Å². The second-order valence-corrected chi connectivity index (χ2v) is 7.34. The molecular weight excluding hydrogens is 434 g/mol. The Hall–Kier alpha value is -4.86. The van der Waals surface area contributed by atoms with Crippen molar-refractivity contribution in [1.29, 1.82) is 0 Å². The first-order valence-electron chi connectivity index (χ1n) is 10.3. The summed E-state index contributed by atoms with van der Waals surface area (Å²) >= 11 is 0. The largest absolute Gasteiger partial charge is 0.383 e. The molecule has 34 heavy (non-hydrogen) atoms. The summed E-state index contributed by atoms with van der Waals surface area (Å²) in [6, 6.07) is 15.1. The highest BCUT2D eigenvalue weighted by Crippen LogP contribution is 2.30. The summed E-state index contributed by atoms with van der Waals surface area (Å²) in [5.41, 5.74) is 13.7. The Morgan fingerprint density at radius 2 is 1.76 bits per heavy atom. The van der Waals surface area contributed by atoms with Crippen LogP contribution in [0.3, 0.4) is 0 Å². The van der Waals surface area contributed by atoms with Gasteiger partial charge < -0.3 is 11.5 Å². The molecule has 4 rings (SSSR count). The fourth-order valence-corrected chi connectivity index (χ4v) is 3.56. The van der Waals surface area contributed by atoms with Gasteiger partial charge in [0, 0.05) is 23.2 Å². The van der Waals surface area contributed by atoms with Crippen molar-refractivity contribution in [2.24, 2.45) is 5.73 Å². The number of rotatable bonds is 7. The monoisotopic (exact) mass is 455 g/mol. The topological polar surface area (TPSA) is 150 Å². The standard InChI is InChI=1S/C24H21N7O3/c1-2-18(32)30(24(34)15-7-4-3-5-8-15)11-12-31-23-19(21(25)27-14-28-23)20(29-31)16-9-6-10-17(13-16)22(26)33/h2-10,13-14H,1,11-12H2,(H2,26,33)(H2,25,27,28). The summed E-state index contributed by atoms with van der Waals surface area (Å²) in [5, 5.41) is 5.10. The molecule has 3 amide bonds. The van der Waals surface area contributed by atoms with Crippen molar-refractivity contribution < 1.29 is 14.4 Å². The molecule has 0 fully saturated rings. The Morgan fingerprint density at radius 3 is 2.47 bits per heavy atom. The number of benzene rings is 2. The van der Waals surface area contributed by atoms with Crippen molar-refractivity contribution in [3.8, 4) is 11.3 Å². The van der Waals surface area contributed by atoms with Gasteiger partial charge in [-0.1, -0.05) is 36.9 Å². The number of nitrogen functional groups attached to an aromatic ring is 1. The van der Waals surface area contributed by atoms with Crippen molar-refractivity contribution in [3.63, 3.8) is 0 Å². The Balaban J connectivity index is 1.72. The Bertz CT molecular complexity index is 1410. The Kier molecular flexibility index (Phi) is 6.13. The number of fused-ring (bicyclic) bond motifs is 1. The van der Waals surface area contributed by atoms with Crippen LogP contribution in [0.1, 0.15) is 20.7 Å². The van der Waals surface area contributed by atoms with E-state index in [1.807, 2.05) is 0 Å². The van der Waals surface area contributed by atoms with Crippen LogP contribution in [-0.2, 0) is 11.3 Å². The number of carbonyl (C=O) groups is 3. The van der Waals surface area contributed by atoms with Crippen LogP contribution in [0, 0.1) is 0 Å². The molecule has 2 aromatic heterocycles. The van der Waals surface area contributed by atoms with Gasteiger partial charge in [0.05, 0.1) is 11.9 Å². The number of nitrogens with zero attached hydrogens (tertiary/aromatic N) is 5. The minimum Gasteiger partial charge on any atom is -0.383 e. The quantitative estimate of drug-likeness (QED) is 0.405. The average Bonchev–Trinajstić information content (AvgIpc) is 3.24. The molecule has 0 saturated heterocycles. The number of nitrogens with two attached hydrogens (primary N) is 2. The van der Waals surface area contributed by atoms with E-state index in [4.69, 9.17) is 11.5 Å². The lowest BCUT2D eigenvalue weighted by Crippen LogP contribution is -2.38. The van der Waals surface area contributed by atoms with Gasteiger partial charge in [0.25, 0.3) is 11.8 Å². The molecule has 0 bridgehead atoms. The normalized spacial score (nSPS) is 10.7. The number of aromatic nitrogens is 4. The molecule has 2 aromatic carbocycles. The van der Waals surface area contributed by atoms with E-state index in [-0.39, 0.29) is 18.9 Å². The summed E-state index contributed by atoms with van der Waals surface area (Å²) in [5.74, 6) is -1.36. The number of anilines is 1. The molecule has 0 spiro atoms. The lowest BCUT2D eigenvalue weighted by Gasteiger charge is -2.19. The van der Waals surface area contributed by atoms with Gasteiger partial charge in [0.1, 0.15) is 17.8 Å². The molecule has 10 nitrogen and oxygen atoms in total. The van der Waals surface area contributed by atoms with E-state index < -0.39 is 17.7 Å². The molecular formula is C24H21N7O3. The molecule has 0 aliphatic heterocycles. The van der Waals surface area contributed by atoms with Gasteiger partial charge in [-0.2, -0.15) is 5.10 Å². The van der Waals surface area contributed by atoms with Crippen LogP contribution >= 0.6 is 0 Å². The average molecular weight is 455 g/mol. The van der Waals surface area contributed by atoms with Crippen LogP contribution in [0.5, 0.6) is 0 Å². The van der Waals surface area contributed by atoms with Crippen LogP contribution in [0.4, 0.5) is 5.82 Å². The Labute approximate surface area is 194 Å². The molecule has 170 valence electrons. The molecule has 4 aromatic rings. The zero-order valence-electron chi connectivity index (χ0n) is 18.1. The lowest BCUT2D eigenvalue weighted by molar-refractivity contribution is -0.123. The van der Waals surface area contributed by atoms with Crippen LogP contribution in [0.25, 0.3) is 22.3 Å². The molecule has 10 heteroatoms. The lowest BCUT2D eigenvalue weighted by atomic mass is 10.1. The molecule has 0 unspecified atom stereocenters. The minimum absolute atomic E-state index is 0.0139. The highest BCUT2D eigenvalue weighted by molar-refractivity contribution is 6.07. The number of carbonyl (C=O) groups excluding carboxylic acids is 3. The van der Waals surface area contributed by atoms with E-state index in [1.54, 1.807) is 59.3 Å². The number of hydrogen-bond acceptors (Lipinski definition) is 7. The highest BCUT2D eigenvalue weighted by Gasteiger charge is 2.23. The van der Waals surface area contributed by atoms with E-state index in [9.17, 15) is 14.4 Å². The van der Waals surface area contributed by atoms with Crippen molar-refractivity contribution in [2.75, 3.05) is 12.3 Å². The second kappa shape index (κ2) is 9.33. The second-order valence-electron chi connectivity index (χ2n) is 7.34. The van der Waals surface area contributed by atoms with E-state index in [2.05, 4.69) is 21.6 Å². The zero-order valence-corrected chi connectivity index (χ0v) is 18.1. The van der Waals surface area contributed by atoms with Gasteiger partial charge in [-0.3, -0.25) is 19.3 Å². The fourth-order valence-electron chi connectivity index (χ4n) is 3.56.